The zero-order valence-corrected chi connectivity index (χ0v) is 13.5. The van der Waals surface area contributed by atoms with Crippen molar-refractivity contribution in [1.29, 1.82) is 0 Å². The maximum atomic E-state index is 12.6. The molecular formula is C18H17ClN2O. The maximum absolute atomic E-state index is 12.6. The number of hydrogen-bond acceptors (Lipinski definition) is 1. The summed E-state index contributed by atoms with van der Waals surface area (Å²) < 4.78 is 1.86. The van der Waals surface area contributed by atoms with E-state index in [1.165, 1.54) is 0 Å². The summed E-state index contributed by atoms with van der Waals surface area (Å²) >= 11 is 6.03. The summed E-state index contributed by atoms with van der Waals surface area (Å²) in [4.78, 5) is 12.6. The first-order valence-electron chi connectivity index (χ1n) is 7.09. The molecule has 0 aliphatic heterocycles. The van der Waals surface area contributed by atoms with E-state index in [-0.39, 0.29) is 5.91 Å². The number of nitrogens with one attached hydrogen (secondary N) is 1. The second kappa shape index (κ2) is 5.50. The van der Waals surface area contributed by atoms with Crippen LogP contribution in [0, 0.1) is 13.8 Å². The van der Waals surface area contributed by atoms with Gasteiger partial charge in [0.1, 0.15) is 5.69 Å². The van der Waals surface area contributed by atoms with Crippen molar-refractivity contribution in [2.45, 2.75) is 13.8 Å². The van der Waals surface area contributed by atoms with Crippen molar-refractivity contribution >= 4 is 34.1 Å². The van der Waals surface area contributed by atoms with E-state index in [9.17, 15) is 4.79 Å². The molecule has 0 aliphatic carbocycles. The number of hydrogen-bond donors (Lipinski definition) is 1. The maximum Gasteiger partial charge on any atom is 0.272 e. The average molecular weight is 313 g/mol. The summed E-state index contributed by atoms with van der Waals surface area (Å²) in [7, 11) is 1.87. The predicted octanol–water partition coefficient (Wildman–Crippen LogP) is 4.70. The Morgan fingerprint density at radius 2 is 1.86 bits per heavy atom. The molecule has 3 rings (SSSR count). The fourth-order valence-electron chi connectivity index (χ4n) is 2.58. The molecule has 0 fully saturated rings. The second-order valence-corrected chi connectivity index (χ2v) is 6.00. The van der Waals surface area contributed by atoms with Crippen molar-refractivity contribution in [1.82, 2.24) is 4.57 Å². The van der Waals surface area contributed by atoms with E-state index in [0.29, 0.717) is 10.7 Å². The van der Waals surface area contributed by atoms with Crippen LogP contribution in [0.4, 0.5) is 5.69 Å². The van der Waals surface area contributed by atoms with Gasteiger partial charge in [-0.3, -0.25) is 4.79 Å². The number of rotatable bonds is 2. The molecule has 0 radical (unpaired) electrons. The number of carbonyl (C=O) groups is 1. The van der Waals surface area contributed by atoms with Crippen LogP contribution in [0.15, 0.2) is 42.5 Å². The van der Waals surface area contributed by atoms with Crippen molar-refractivity contribution in [3.63, 3.8) is 0 Å². The molecule has 3 aromatic rings. The van der Waals surface area contributed by atoms with Crippen LogP contribution >= 0.6 is 11.6 Å². The molecule has 22 heavy (non-hydrogen) atoms. The van der Waals surface area contributed by atoms with Crippen LogP contribution < -0.4 is 5.32 Å². The summed E-state index contributed by atoms with van der Waals surface area (Å²) in [6.07, 6.45) is 0. The third-order valence-corrected chi connectivity index (χ3v) is 4.12. The number of amides is 1. The van der Waals surface area contributed by atoms with Crippen molar-refractivity contribution in [3.05, 3.63) is 64.3 Å². The monoisotopic (exact) mass is 312 g/mol. The van der Waals surface area contributed by atoms with Crippen LogP contribution in [-0.2, 0) is 7.05 Å². The molecule has 112 valence electrons. The van der Waals surface area contributed by atoms with E-state index in [2.05, 4.69) is 5.32 Å². The van der Waals surface area contributed by atoms with E-state index < -0.39 is 0 Å². The first kappa shape index (κ1) is 14.7. The highest BCUT2D eigenvalue weighted by molar-refractivity contribution is 6.31. The Labute approximate surface area is 134 Å². The Hall–Kier alpha value is -2.26. The minimum atomic E-state index is -0.122. The van der Waals surface area contributed by atoms with Crippen molar-refractivity contribution in [2.24, 2.45) is 7.05 Å². The van der Waals surface area contributed by atoms with Crippen LogP contribution in [0.25, 0.3) is 10.9 Å². The standard InChI is InChI=1S/C18H17ClN2O/c1-11-4-5-12(2)15(8-11)20-18(22)17-9-13-6-7-14(19)10-16(13)21(17)3/h4-10H,1-3H3,(H,20,22). The molecule has 1 N–H and O–H groups in total. The lowest BCUT2D eigenvalue weighted by Crippen LogP contribution is -2.16. The normalized spacial score (nSPS) is 10.9. The van der Waals surface area contributed by atoms with E-state index in [4.69, 9.17) is 11.6 Å². The molecule has 0 saturated carbocycles. The molecule has 1 heterocycles. The van der Waals surface area contributed by atoms with Gasteiger partial charge in [0, 0.05) is 28.7 Å². The molecule has 0 unspecified atom stereocenters. The van der Waals surface area contributed by atoms with Gasteiger partial charge >= 0.3 is 0 Å². The predicted molar refractivity (Wildman–Crippen MR) is 91.8 cm³/mol. The Morgan fingerprint density at radius 3 is 2.64 bits per heavy atom. The Balaban J connectivity index is 1.99. The minimum Gasteiger partial charge on any atom is -0.340 e. The molecule has 2 aromatic carbocycles. The molecular weight excluding hydrogens is 296 g/mol. The lowest BCUT2D eigenvalue weighted by molar-refractivity contribution is 0.101. The first-order valence-corrected chi connectivity index (χ1v) is 7.47. The van der Waals surface area contributed by atoms with Gasteiger partial charge in [0.2, 0.25) is 0 Å². The van der Waals surface area contributed by atoms with Gasteiger partial charge < -0.3 is 9.88 Å². The SMILES string of the molecule is Cc1ccc(C)c(NC(=O)c2cc3ccc(Cl)cc3n2C)c1. The van der Waals surface area contributed by atoms with E-state index in [1.54, 1.807) is 0 Å². The number of halogens is 1. The highest BCUT2D eigenvalue weighted by Gasteiger charge is 2.14. The highest BCUT2D eigenvalue weighted by Crippen LogP contribution is 2.24. The number of carbonyl (C=O) groups excluding carboxylic acids is 1. The van der Waals surface area contributed by atoms with Crippen LogP contribution in [0.3, 0.4) is 0 Å². The van der Waals surface area contributed by atoms with Gasteiger partial charge in [-0.25, -0.2) is 0 Å². The Morgan fingerprint density at radius 1 is 1.09 bits per heavy atom. The number of aromatic nitrogens is 1. The molecule has 1 aromatic heterocycles. The van der Waals surface area contributed by atoms with Gasteiger partial charge in [0.05, 0.1) is 0 Å². The molecule has 1 amide bonds. The largest absolute Gasteiger partial charge is 0.340 e. The lowest BCUT2D eigenvalue weighted by Gasteiger charge is -2.10. The summed E-state index contributed by atoms with van der Waals surface area (Å²) in [5.41, 5.74) is 4.55. The molecule has 0 aliphatic rings. The Kier molecular flexibility index (Phi) is 3.67. The lowest BCUT2D eigenvalue weighted by atomic mass is 10.1. The first-order chi connectivity index (χ1) is 10.5. The summed E-state index contributed by atoms with van der Waals surface area (Å²) in [5.74, 6) is -0.122. The topological polar surface area (TPSA) is 34.0 Å². The molecule has 0 saturated heterocycles. The fraction of sp³-hybridized carbons (Fsp3) is 0.167. The molecule has 0 atom stereocenters. The van der Waals surface area contributed by atoms with E-state index in [0.717, 1.165) is 27.7 Å². The zero-order valence-electron chi connectivity index (χ0n) is 12.8. The zero-order chi connectivity index (χ0) is 15.9. The average Bonchev–Trinajstić information content (AvgIpc) is 2.80. The van der Waals surface area contributed by atoms with Crippen LogP contribution in [-0.4, -0.2) is 10.5 Å². The fourth-order valence-corrected chi connectivity index (χ4v) is 2.74. The number of anilines is 1. The van der Waals surface area contributed by atoms with Gasteiger partial charge in [-0.2, -0.15) is 0 Å². The van der Waals surface area contributed by atoms with Crippen LogP contribution in [0.5, 0.6) is 0 Å². The van der Waals surface area contributed by atoms with Gasteiger partial charge in [-0.1, -0.05) is 29.8 Å². The number of aryl methyl sites for hydroxylation is 3. The second-order valence-electron chi connectivity index (χ2n) is 5.56. The number of benzene rings is 2. The third kappa shape index (κ3) is 2.60. The summed E-state index contributed by atoms with van der Waals surface area (Å²) in [6.45, 7) is 3.99. The smallest absolute Gasteiger partial charge is 0.272 e. The third-order valence-electron chi connectivity index (χ3n) is 3.88. The molecule has 4 heteroatoms. The van der Waals surface area contributed by atoms with Crippen LogP contribution in [0.2, 0.25) is 5.02 Å². The molecule has 3 nitrogen and oxygen atoms in total. The van der Waals surface area contributed by atoms with Gasteiger partial charge in [-0.05, 0) is 49.2 Å². The van der Waals surface area contributed by atoms with Crippen molar-refractivity contribution in [2.75, 3.05) is 5.32 Å². The highest BCUT2D eigenvalue weighted by atomic mass is 35.5. The van der Waals surface area contributed by atoms with Gasteiger partial charge in [-0.15, -0.1) is 0 Å². The Bertz CT molecular complexity index is 880. The number of nitrogens with zero attached hydrogens (tertiary/aromatic N) is 1. The van der Waals surface area contributed by atoms with Crippen molar-refractivity contribution in [3.8, 4) is 0 Å². The van der Waals surface area contributed by atoms with Crippen molar-refractivity contribution < 1.29 is 4.79 Å². The summed E-state index contributed by atoms with van der Waals surface area (Å²) in [6, 6.07) is 13.5. The quantitative estimate of drug-likeness (QED) is 0.731. The number of fused-ring (bicyclic) bond motifs is 1. The summed E-state index contributed by atoms with van der Waals surface area (Å²) in [5, 5.41) is 4.65. The van der Waals surface area contributed by atoms with E-state index in [1.807, 2.05) is 67.9 Å². The van der Waals surface area contributed by atoms with E-state index >= 15 is 0 Å². The van der Waals surface area contributed by atoms with Gasteiger partial charge in [0.25, 0.3) is 5.91 Å². The minimum absolute atomic E-state index is 0.122. The van der Waals surface area contributed by atoms with Gasteiger partial charge in [0.15, 0.2) is 0 Å². The molecule has 0 spiro atoms. The van der Waals surface area contributed by atoms with Crippen LogP contribution in [0.1, 0.15) is 21.6 Å². The molecule has 0 bridgehead atoms.